The predicted molar refractivity (Wildman–Crippen MR) is 81.6 cm³/mol. The molecule has 0 aromatic rings. The lowest BCUT2D eigenvalue weighted by Gasteiger charge is -2.11. The highest BCUT2D eigenvalue weighted by Crippen LogP contribution is 2.07. The zero-order valence-electron chi connectivity index (χ0n) is 12.9. The Morgan fingerprint density at radius 2 is 1.55 bits per heavy atom. The van der Waals surface area contributed by atoms with Gasteiger partial charge in [0.25, 0.3) is 0 Å². The summed E-state index contributed by atoms with van der Waals surface area (Å²) in [4.78, 5) is 9.34. The molecule has 0 aliphatic heterocycles. The second kappa shape index (κ2) is 15.1. The normalized spacial score (nSPS) is 13.6. The third kappa shape index (κ3) is 15.8. The lowest BCUT2D eigenvalue weighted by Crippen LogP contribution is -2.32. The maximum Gasteiger partial charge on any atom is 0.136 e. The molecule has 0 aliphatic rings. The number of unbranched alkanes of at least 4 members (excludes halogenated alkanes) is 2. The van der Waals surface area contributed by atoms with Gasteiger partial charge < -0.3 is 25.2 Å². The number of aliphatic carboxylic acids is 1. The summed E-state index contributed by atoms with van der Waals surface area (Å²) in [6.07, 6.45) is 3.13. The van der Waals surface area contributed by atoms with E-state index < -0.39 is 18.2 Å². The fraction of sp³-hybridized carbons (Fsp3) is 0.929. The molecule has 0 saturated carbocycles. The van der Waals surface area contributed by atoms with Gasteiger partial charge in [-0.1, -0.05) is 26.7 Å². The van der Waals surface area contributed by atoms with Crippen molar-refractivity contribution >= 4 is 16.9 Å². The van der Waals surface area contributed by atoms with Crippen LogP contribution in [-0.4, -0.2) is 57.4 Å². The van der Waals surface area contributed by atoms with Gasteiger partial charge in [-0.05, 0) is 30.7 Å². The van der Waals surface area contributed by atoms with Crippen LogP contribution in [0, 0.1) is 0 Å². The molecule has 6 heteroatoms. The Morgan fingerprint density at radius 3 is 1.80 bits per heavy atom. The minimum atomic E-state index is -1.44. The first kappa shape index (κ1) is 22.0. The number of carbonyl (C=O) groups is 1. The van der Waals surface area contributed by atoms with Crippen molar-refractivity contribution in [1.82, 2.24) is 0 Å². The van der Waals surface area contributed by atoms with Crippen LogP contribution in [0.2, 0.25) is 0 Å². The Labute approximate surface area is 125 Å². The van der Waals surface area contributed by atoms with E-state index in [1.54, 1.807) is 0 Å². The van der Waals surface area contributed by atoms with Crippen LogP contribution in [0.25, 0.3) is 0 Å². The minimum absolute atomic E-state index is 0.0816. The van der Waals surface area contributed by atoms with E-state index in [0.29, 0.717) is 10.9 Å². The van der Waals surface area contributed by atoms with Crippen molar-refractivity contribution in [1.29, 1.82) is 0 Å². The fourth-order valence-corrected chi connectivity index (χ4v) is 3.87. The molecule has 3 N–H and O–H groups in total. The summed E-state index contributed by atoms with van der Waals surface area (Å²) in [7, 11) is 0.336. The van der Waals surface area contributed by atoms with Crippen molar-refractivity contribution in [2.45, 2.75) is 58.7 Å². The van der Waals surface area contributed by atoms with Crippen molar-refractivity contribution < 1.29 is 25.2 Å². The monoisotopic (exact) mass is 310 g/mol. The largest absolute Gasteiger partial charge is 0.547 e. The summed E-state index contributed by atoms with van der Waals surface area (Å²) in [5.74, 6) is 1.83. The first-order chi connectivity index (χ1) is 9.38. The zero-order chi connectivity index (χ0) is 16.0. The molecular formula is C14H30O5S. The number of rotatable bonds is 10. The molecule has 0 radical (unpaired) electrons. The molecular weight excluding hydrogens is 280 g/mol. The molecule has 5 nitrogen and oxygen atoms in total. The molecule has 0 amide bonds. The number of carboxylic acid groups (broad SMARTS) is 1. The van der Waals surface area contributed by atoms with Gasteiger partial charge in [-0.25, -0.2) is 0 Å². The fourth-order valence-electron chi connectivity index (χ4n) is 1.29. The topological polar surface area (TPSA) is 101 Å². The third-order valence-electron chi connectivity index (χ3n) is 2.55. The highest BCUT2D eigenvalue weighted by molar-refractivity contribution is 7.96. The lowest BCUT2D eigenvalue weighted by atomic mass is 10.4. The van der Waals surface area contributed by atoms with Crippen LogP contribution < -0.4 is 5.11 Å². The Balaban J connectivity index is 0. The zero-order valence-corrected chi connectivity index (χ0v) is 13.7. The van der Waals surface area contributed by atoms with Gasteiger partial charge in [0.1, 0.15) is 23.4 Å². The van der Waals surface area contributed by atoms with E-state index in [9.17, 15) is 15.0 Å². The van der Waals surface area contributed by atoms with Gasteiger partial charge >= 0.3 is 0 Å². The average molecular weight is 310 g/mol. The van der Waals surface area contributed by atoms with E-state index in [2.05, 4.69) is 13.8 Å². The molecule has 2 atom stereocenters. The van der Waals surface area contributed by atoms with Crippen molar-refractivity contribution in [2.75, 3.05) is 23.9 Å². The first-order valence-electron chi connectivity index (χ1n) is 7.20. The second-order valence-corrected chi connectivity index (χ2v) is 7.10. The number of hydrogen-bond acceptors (Lipinski definition) is 5. The summed E-state index contributed by atoms with van der Waals surface area (Å²) >= 11 is 0. The Kier molecular flexibility index (Phi) is 16.6. The number of aliphatic hydroxyl groups is 3. The summed E-state index contributed by atoms with van der Waals surface area (Å²) in [5.41, 5.74) is 0. The molecule has 2 unspecified atom stereocenters. The van der Waals surface area contributed by atoms with Gasteiger partial charge in [0.05, 0.1) is 18.7 Å². The number of hydrogen-bond donors (Lipinski definition) is 3. The number of carbonyl (C=O) groups excluding carboxylic acids is 1. The number of carboxylic acids is 1. The van der Waals surface area contributed by atoms with Crippen LogP contribution >= 0.6 is 0 Å². The molecule has 0 bridgehead atoms. The third-order valence-corrected chi connectivity index (χ3v) is 5.14. The Hall–Kier alpha value is -0.300. The summed E-state index contributed by atoms with van der Waals surface area (Å²) < 4.78 is 0. The summed E-state index contributed by atoms with van der Waals surface area (Å²) in [6.45, 7) is 5.45. The van der Waals surface area contributed by atoms with Crippen molar-refractivity contribution in [3.63, 3.8) is 0 Å². The molecule has 122 valence electrons. The quantitative estimate of drug-likeness (QED) is 0.480. The molecule has 0 aromatic heterocycles. The van der Waals surface area contributed by atoms with E-state index >= 15 is 0 Å². The van der Waals surface area contributed by atoms with Crippen LogP contribution in [0.4, 0.5) is 0 Å². The van der Waals surface area contributed by atoms with Gasteiger partial charge in [0.15, 0.2) is 0 Å². The standard InChI is InChI=1S/C11H25O2S.C3H6O3/c1-3-5-7-14(8-6-4-2)10-11(13)9-12;1-2(4)3(5)6/h11-13H,3-10H2,1-2H3;2,4H,1H3,(H,5,6)/q+1;/p-1. The van der Waals surface area contributed by atoms with Crippen molar-refractivity contribution in [3.05, 3.63) is 0 Å². The van der Waals surface area contributed by atoms with Gasteiger partial charge in [0.2, 0.25) is 0 Å². The molecule has 20 heavy (non-hydrogen) atoms. The van der Waals surface area contributed by atoms with Gasteiger partial charge in [-0.3, -0.25) is 0 Å². The highest BCUT2D eigenvalue weighted by atomic mass is 32.2. The van der Waals surface area contributed by atoms with Gasteiger partial charge in [-0.2, -0.15) is 0 Å². The first-order valence-corrected chi connectivity index (χ1v) is 8.94. The van der Waals surface area contributed by atoms with Crippen molar-refractivity contribution in [3.8, 4) is 0 Å². The molecule has 0 aliphatic carbocycles. The highest BCUT2D eigenvalue weighted by Gasteiger charge is 2.20. The SMILES string of the molecule is CC(O)C(=O)[O-].CCCC[S+](CCCC)CC(O)CO. The van der Waals surface area contributed by atoms with Crippen LogP contribution in [0.3, 0.4) is 0 Å². The van der Waals surface area contributed by atoms with E-state index in [4.69, 9.17) is 10.2 Å². The van der Waals surface area contributed by atoms with Crippen LogP contribution in [-0.2, 0) is 15.7 Å². The smallest absolute Gasteiger partial charge is 0.136 e. The lowest BCUT2D eigenvalue weighted by molar-refractivity contribution is -0.314. The minimum Gasteiger partial charge on any atom is -0.547 e. The van der Waals surface area contributed by atoms with Gasteiger partial charge in [0, 0.05) is 0 Å². The Bertz CT molecular complexity index is 216. The van der Waals surface area contributed by atoms with Gasteiger partial charge in [-0.15, -0.1) is 0 Å². The molecule has 0 rings (SSSR count). The predicted octanol–water partition coefficient (Wildman–Crippen LogP) is -0.325. The Morgan fingerprint density at radius 1 is 1.15 bits per heavy atom. The van der Waals surface area contributed by atoms with E-state index in [0.717, 1.165) is 12.7 Å². The van der Waals surface area contributed by atoms with Crippen LogP contribution in [0.1, 0.15) is 46.5 Å². The second-order valence-electron chi connectivity index (χ2n) is 4.73. The summed E-state index contributed by atoms with van der Waals surface area (Å²) in [5, 5.41) is 35.5. The molecule has 0 spiro atoms. The summed E-state index contributed by atoms with van der Waals surface area (Å²) in [6, 6.07) is 0. The van der Waals surface area contributed by atoms with E-state index in [-0.39, 0.29) is 6.61 Å². The van der Waals surface area contributed by atoms with E-state index in [1.165, 1.54) is 37.2 Å². The van der Waals surface area contributed by atoms with Crippen LogP contribution in [0.15, 0.2) is 0 Å². The maximum atomic E-state index is 9.38. The molecule has 0 fully saturated rings. The number of aliphatic hydroxyl groups excluding tert-OH is 3. The van der Waals surface area contributed by atoms with Crippen LogP contribution in [0.5, 0.6) is 0 Å². The molecule has 0 saturated heterocycles. The van der Waals surface area contributed by atoms with Crippen molar-refractivity contribution in [2.24, 2.45) is 0 Å². The molecule has 0 aromatic carbocycles. The average Bonchev–Trinajstić information content (AvgIpc) is 2.42. The van der Waals surface area contributed by atoms with E-state index in [1.807, 2.05) is 0 Å². The maximum absolute atomic E-state index is 9.38. The molecule has 0 heterocycles.